The molecular weight excluding hydrogens is 388 g/mol. The fraction of sp³-hybridized carbons (Fsp3) is 0.0526. The van der Waals surface area contributed by atoms with Crippen molar-refractivity contribution in [3.63, 3.8) is 0 Å². The number of ether oxygens (including phenoxy) is 1. The number of imide groups is 2. The maximum Gasteiger partial charge on any atom is 0.339 e. The number of halogens is 1. The molecule has 1 fully saturated rings. The second-order valence-corrected chi connectivity index (χ2v) is 6.14. The summed E-state index contributed by atoms with van der Waals surface area (Å²) in [5.74, 6) is -2.82. The number of anilines is 1. The quantitative estimate of drug-likeness (QED) is 0.602. The Bertz CT molecular complexity index is 1030. The van der Waals surface area contributed by atoms with Gasteiger partial charge in [0.05, 0.1) is 12.8 Å². The first kappa shape index (κ1) is 19.1. The van der Waals surface area contributed by atoms with E-state index in [0.29, 0.717) is 5.02 Å². The number of hydrogen-bond acceptors (Lipinski definition) is 5. The van der Waals surface area contributed by atoms with Crippen LogP contribution in [0.5, 0.6) is 5.75 Å². The first-order valence-corrected chi connectivity index (χ1v) is 8.28. The predicted molar refractivity (Wildman–Crippen MR) is 100 cm³/mol. The Labute approximate surface area is 164 Å². The maximum absolute atomic E-state index is 12.8. The van der Waals surface area contributed by atoms with E-state index in [1.807, 2.05) is 0 Å². The molecule has 3 rings (SSSR count). The fourth-order valence-electron chi connectivity index (χ4n) is 2.63. The van der Waals surface area contributed by atoms with Gasteiger partial charge in [-0.25, -0.2) is 14.5 Å². The third kappa shape index (κ3) is 3.58. The van der Waals surface area contributed by atoms with E-state index < -0.39 is 23.8 Å². The van der Waals surface area contributed by atoms with E-state index in [9.17, 15) is 24.3 Å². The number of carboxylic acid groups (broad SMARTS) is 1. The highest BCUT2D eigenvalue weighted by atomic mass is 35.5. The summed E-state index contributed by atoms with van der Waals surface area (Å²) in [6.45, 7) is 0. The molecule has 0 unspecified atom stereocenters. The molecule has 2 aromatic carbocycles. The van der Waals surface area contributed by atoms with Crippen molar-refractivity contribution >= 4 is 47.2 Å². The molecule has 1 saturated heterocycles. The Kier molecular flexibility index (Phi) is 5.14. The Morgan fingerprint density at radius 2 is 1.82 bits per heavy atom. The summed E-state index contributed by atoms with van der Waals surface area (Å²) in [6.07, 6.45) is 1.21. The molecule has 0 radical (unpaired) electrons. The van der Waals surface area contributed by atoms with Crippen LogP contribution in [-0.4, -0.2) is 36.0 Å². The lowest BCUT2D eigenvalue weighted by Crippen LogP contribution is -2.54. The van der Waals surface area contributed by atoms with E-state index in [4.69, 9.17) is 16.3 Å². The van der Waals surface area contributed by atoms with Gasteiger partial charge in [0.2, 0.25) is 0 Å². The largest absolute Gasteiger partial charge is 0.496 e. The van der Waals surface area contributed by atoms with Crippen LogP contribution in [0.25, 0.3) is 6.08 Å². The molecule has 9 heteroatoms. The van der Waals surface area contributed by atoms with Crippen LogP contribution >= 0.6 is 11.6 Å². The van der Waals surface area contributed by atoms with Crippen molar-refractivity contribution < 1.29 is 29.0 Å². The molecule has 0 aromatic heterocycles. The number of urea groups is 1. The molecular formula is C19H13ClN2O6. The number of carboxylic acids is 1. The normalized spacial score (nSPS) is 15.6. The van der Waals surface area contributed by atoms with Crippen LogP contribution in [0.3, 0.4) is 0 Å². The zero-order valence-corrected chi connectivity index (χ0v) is 15.2. The minimum Gasteiger partial charge on any atom is -0.496 e. The van der Waals surface area contributed by atoms with Gasteiger partial charge in [-0.2, -0.15) is 0 Å². The molecule has 0 aliphatic carbocycles. The number of carbonyl (C=O) groups is 4. The van der Waals surface area contributed by atoms with E-state index in [1.165, 1.54) is 55.7 Å². The van der Waals surface area contributed by atoms with Gasteiger partial charge in [-0.15, -0.1) is 0 Å². The topological polar surface area (TPSA) is 113 Å². The smallest absolute Gasteiger partial charge is 0.339 e. The van der Waals surface area contributed by atoms with Crippen molar-refractivity contribution in [1.29, 1.82) is 0 Å². The van der Waals surface area contributed by atoms with Gasteiger partial charge < -0.3 is 9.84 Å². The fourth-order valence-corrected chi connectivity index (χ4v) is 2.76. The SMILES string of the molecule is COc1ccc(/C=C2\C(=O)NC(=O)N(c3ccc(Cl)cc3)C2=O)cc1C(=O)O. The summed E-state index contributed by atoms with van der Waals surface area (Å²) in [7, 11) is 1.33. The lowest BCUT2D eigenvalue weighted by molar-refractivity contribution is -0.122. The van der Waals surface area contributed by atoms with Gasteiger partial charge in [0.1, 0.15) is 16.9 Å². The number of nitrogens with one attached hydrogen (secondary N) is 1. The number of barbiturate groups is 1. The number of nitrogens with zero attached hydrogens (tertiary/aromatic N) is 1. The van der Waals surface area contributed by atoms with E-state index in [-0.39, 0.29) is 28.1 Å². The summed E-state index contributed by atoms with van der Waals surface area (Å²) in [5.41, 5.74) is 0.0515. The second kappa shape index (κ2) is 7.53. The maximum atomic E-state index is 12.8. The molecule has 0 spiro atoms. The van der Waals surface area contributed by atoms with Gasteiger partial charge >= 0.3 is 12.0 Å². The number of methoxy groups -OCH3 is 1. The standard InChI is InChI=1S/C19H13ClN2O6/c1-28-15-7-2-10(8-13(15)18(25)26)9-14-16(23)21-19(27)22(17(14)24)12-5-3-11(20)4-6-12/h2-9H,1H3,(H,25,26)(H,21,23,27)/b14-9+. The molecule has 28 heavy (non-hydrogen) atoms. The van der Waals surface area contributed by atoms with Crippen LogP contribution in [-0.2, 0) is 9.59 Å². The summed E-state index contributed by atoms with van der Waals surface area (Å²) in [6, 6.07) is 9.19. The van der Waals surface area contributed by atoms with Gasteiger partial charge in [-0.05, 0) is 48.0 Å². The molecule has 4 amide bonds. The van der Waals surface area contributed by atoms with Crippen LogP contribution < -0.4 is 15.0 Å². The molecule has 2 N–H and O–H groups in total. The zero-order chi connectivity index (χ0) is 20.4. The van der Waals surface area contributed by atoms with Crippen LogP contribution in [0.15, 0.2) is 48.0 Å². The first-order chi connectivity index (χ1) is 13.3. The van der Waals surface area contributed by atoms with Crippen molar-refractivity contribution in [3.05, 3.63) is 64.2 Å². The van der Waals surface area contributed by atoms with Crippen molar-refractivity contribution in [1.82, 2.24) is 5.32 Å². The monoisotopic (exact) mass is 400 g/mol. The van der Waals surface area contributed by atoms with E-state index in [1.54, 1.807) is 0 Å². The minimum absolute atomic E-state index is 0.132. The summed E-state index contributed by atoms with van der Waals surface area (Å²) in [5, 5.41) is 11.8. The summed E-state index contributed by atoms with van der Waals surface area (Å²) >= 11 is 5.82. The van der Waals surface area contributed by atoms with E-state index in [2.05, 4.69) is 5.32 Å². The molecule has 1 heterocycles. The second-order valence-electron chi connectivity index (χ2n) is 5.70. The third-order valence-electron chi connectivity index (χ3n) is 3.95. The van der Waals surface area contributed by atoms with Gasteiger partial charge in [0.25, 0.3) is 11.8 Å². The molecule has 142 valence electrons. The number of aromatic carboxylic acids is 1. The van der Waals surface area contributed by atoms with Crippen molar-refractivity contribution in [2.45, 2.75) is 0 Å². The molecule has 1 aliphatic heterocycles. The van der Waals surface area contributed by atoms with Crippen molar-refractivity contribution in [3.8, 4) is 5.75 Å². The molecule has 1 aliphatic rings. The third-order valence-corrected chi connectivity index (χ3v) is 4.20. The Morgan fingerprint density at radius 1 is 1.14 bits per heavy atom. The number of amides is 4. The highest BCUT2D eigenvalue weighted by molar-refractivity contribution is 6.39. The Hall–Kier alpha value is -3.65. The molecule has 8 nitrogen and oxygen atoms in total. The van der Waals surface area contributed by atoms with Crippen molar-refractivity contribution in [2.24, 2.45) is 0 Å². The van der Waals surface area contributed by atoms with Crippen LogP contribution in [0.1, 0.15) is 15.9 Å². The van der Waals surface area contributed by atoms with E-state index >= 15 is 0 Å². The first-order valence-electron chi connectivity index (χ1n) is 7.90. The number of hydrogen-bond donors (Lipinski definition) is 2. The lowest BCUT2D eigenvalue weighted by atomic mass is 10.0. The van der Waals surface area contributed by atoms with E-state index in [0.717, 1.165) is 4.90 Å². The minimum atomic E-state index is -1.23. The number of carbonyl (C=O) groups excluding carboxylic acids is 3. The molecule has 2 aromatic rings. The molecule has 0 saturated carbocycles. The van der Waals surface area contributed by atoms with Gasteiger partial charge in [0, 0.05) is 5.02 Å². The number of rotatable bonds is 4. The highest BCUT2D eigenvalue weighted by Crippen LogP contribution is 2.25. The van der Waals surface area contributed by atoms with Gasteiger partial charge in [-0.3, -0.25) is 14.9 Å². The van der Waals surface area contributed by atoms with Crippen molar-refractivity contribution in [2.75, 3.05) is 12.0 Å². The van der Waals surface area contributed by atoms with Crippen LogP contribution in [0.2, 0.25) is 5.02 Å². The van der Waals surface area contributed by atoms with Crippen LogP contribution in [0.4, 0.5) is 10.5 Å². The molecule has 0 bridgehead atoms. The highest BCUT2D eigenvalue weighted by Gasteiger charge is 2.36. The van der Waals surface area contributed by atoms with Crippen LogP contribution in [0, 0.1) is 0 Å². The predicted octanol–water partition coefficient (Wildman–Crippen LogP) is 2.71. The molecule has 0 atom stereocenters. The Balaban J connectivity index is 2.03. The zero-order valence-electron chi connectivity index (χ0n) is 14.4. The van der Waals surface area contributed by atoms with Gasteiger partial charge in [0.15, 0.2) is 0 Å². The lowest BCUT2D eigenvalue weighted by Gasteiger charge is -2.26. The average molecular weight is 401 g/mol. The summed E-state index contributed by atoms with van der Waals surface area (Å²) < 4.78 is 4.98. The summed E-state index contributed by atoms with van der Waals surface area (Å²) in [4.78, 5) is 49.3. The Morgan fingerprint density at radius 3 is 2.43 bits per heavy atom. The van der Waals surface area contributed by atoms with Gasteiger partial charge in [-0.1, -0.05) is 17.7 Å². The average Bonchev–Trinajstić information content (AvgIpc) is 2.66. The number of benzene rings is 2.